The quantitative estimate of drug-likeness (QED) is 0.734. The second-order valence-electron chi connectivity index (χ2n) is 6.88. The molecule has 0 radical (unpaired) electrons. The number of benzene rings is 2. The Bertz CT molecular complexity index is 678. The lowest BCUT2D eigenvalue weighted by molar-refractivity contribution is 0.102. The van der Waals surface area contributed by atoms with Crippen molar-refractivity contribution in [3.05, 3.63) is 54.1 Å². The first-order chi connectivity index (χ1) is 12.0. The van der Waals surface area contributed by atoms with Gasteiger partial charge in [-0.1, -0.05) is 39.8 Å². The molecule has 0 aliphatic carbocycles. The number of para-hydroxylation sites is 1. The molecule has 4 heteroatoms. The third-order valence-corrected chi connectivity index (χ3v) is 3.40. The van der Waals surface area contributed by atoms with Gasteiger partial charge >= 0.3 is 0 Å². The van der Waals surface area contributed by atoms with Crippen molar-refractivity contribution >= 4 is 11.6 Å². The number of carbonyl (C=O) groups is 1. The van der Waals surface area contributed by atoms with Crippen LogP contribution in [0.1, 0.15) is 38.1 Å². The van der Waals surface area contributed by atoms with E-state index >= 15 is 0 Å². The predicted octanol–water partition coefficient (Wildman–Crippen LogP) is 5.01. The summed E-state index contributed by atoms with van der Waals surface area (Å²) >= 11 is 0. The molecule has 0 aromatic heterocycles. The molecule has 0 saturated heterocycles. The van der Waals surface area contributed by atoms with E-state index in [-0.39, 0.29) is 5.91 Å². The van der Waals surface area contributed by atoms with Gasteiger partial charge in [0, 0.05) is 5.69 Å². The maximum Gasteiger partial charge on any atom is 0.259 e. The monoisotopic (exact) mass is 341 g/mol. The number of nitrogens with one attached hydrogen (secondary N) is 1. The number of hydrogen-bond acceptors (Lipinski definition) is 3. The van der Waals surface area contributed by atoms with Gasteiger partial charge in [0.15, 0.2) is 0 Å². The normalized spacial score (nSPS) is 10.8. The second kappa shape index (κ2) is 9.11. The summed E-state index contributed by atoms with van der Waals surface area (Å²) in [6.45, 7) is 9.61. The van der Waals surface area contributed by atoms with Crippen molar-refractivity contribution in [1.82, 2.24) is 0 Å². The molecule has 1 amide bonds. The Kier molecular flexibility index (Phi) is 6.87. The van der Waals surface area contributed by atoms with Gasteiger partial charge in [-0.2, -0.15) is 0 Å². The summed E-state index contributed by atoms with van der Waals surface area (Å²) in [6.07, 6.45) is 0. The molecular weight excluding hydrogens is 314 g/mol. The Morgan fingerprint density at radius 2 is 1.48 bits per heavy atom. The maximum absolute atomic E-state index is 12.6. The largest absolute Gasteiger partial charge is 0.493 e. The molecule has 0 saturated carbocycles. The van der Waals surface area contributed by atoms with Gasteiger partial charge in [-0.15, -0.1) is 0 Å². The third kappa shape index (κ3) is 6.14. The first kappa shape index (κ1) is 18.8. The van der Waals surface area contributed by atoms with Crippen LogP contribution in [0.4, 0.5) is 5.69 Å². The molecule has 2 aromatic carbocycles. The topological polar surface area (TPSA) is 47.6 Å². The van der Waals surface area contributed by atoms with Gasteiger partial charge in [0.05, 0.1) is 18.8 Å². The molecule has 0 fully saturated rings. The molecule has 2 rings (SSSR count). The van der Waals surface area contributed by atoms with Crippen molar-refractivity contribution in [2.45, 2.75) is 27.7 Å². The molecule has 134 valence electrons. The summed E-state index contributed by atoms with van der Waals surface area (Å²) in [5.74, 6) is 2.09. The number of ether oxygens (including phenoxy) is 2. The van der Waals surface area contributed by atoms with E-state index in [1.165, 1.54) is 0 Å². The van der Waals surface area contributed by atoms with Crippen LogP contribution in [0.5, 0.6) is 11.5 Å². The Morgan fingerprint density at radius 1 is 0.880 bits per heavy atom. The molecule has 0 heterocycles. The first-order valence-corrected chi connectivity index (χ1v) is 8.71. The smallest absolute Gasteiger partial charge is 0.259 e. The van der Waals surface area contributed by atoms with Crippen LogP contribution < -0.4 is 14.8 Å². The lowest BCUT2D eigenvalue weighted by Gasteiger charge is -2.13. The average molecular weight is 341 g/mol. The highest BCUT2D eigenvalue weighted by atomic mass is 16.5. The molecule has 0 atom stereocenters. The van der Waals surface area contributed by atoms with Crippen molar-refractivity contribution in [1.29, 1.82) is 0 Å². The fourth-order valence-corrected chi connectivity index (χ4v) is 2.13. The summed E-state index contributed by atoms with van der Waals surface area (Å²) < 4.78 is 11.4. The number of anilines is 1. The molecule has 25 heavy (non-hydrogen) atoms. The van der Waals surface area contributed by atoms with Crippen LogP contribution in [0.15, 0.2) is 48.5 Å². The first-order valence-electron chi connectivity index (χ1n) is 8.71. The molecule has 0 unspecified atom stereocenters. The van der Waals surface area contributed by atoms with Gasteiger partial charge in [0.25, 0.3) is 5.91 Å². The predicted molar refractivity (Wildman–Crippen MR) is 102 cm³/mol. The summed E-state index contributed by atoms with van der Waals surface area (Å²) in [4.78, 5) is 12.6. The fourth-order valence-electron chi connectivity index (χ4n) is 2.13. The molecule has 0 spiro atoms. The van der Waals surface area contributed by atoms with Gasteiger partial charge in [-0.25, -0.2) is 0 Å². The van der Waals surface area contributed by atoms with Crippen molar-refractivity contribution in [2.24, 2.45) is 11.8 Å². The maximum atomic E-state index is 12.6. The Labute approximate surface area is 150 Å². The van der Waals surface area contributed by atoms with Crippen LogP contribution >= 0.6 is 0 Å². The minimum Gasteiger partial charge on any atom is -0.493 e. The molecule has 0 bridgehead atoms. The van der Waals surface area contributed by atoms with Crippen molar-refractivity contribution < 1.29 is 14.3 Å². The molecule has 1 N–H and O–H groups in total. The van der Waals surface area contributed by atoms with E-state index in [2.05, 4.69) is 33.0 Å². The van der Waals surface area contributed by atoms with E-state index in [0.29, 0.717) is 36.4 Å². The SMILES string of the molecule is CC(C)COc1ccc(NC(=O)c2ccccc2OCC(C)C)cc1. The van der Waals surface area contributed by atoms with Crippen LogP contribution in [0.3, 0.4) is 0 Å². The minimum atomic E-state index is -0.185. The van der Waals surface area contributed by atoms with E-state index < -0.39 is 0 Å². The summed E-state index contributed by atoms with van der Waals surface area (Å²) in [5, 5.41) is 2.90. The zero-order valence-electron chi connectivity index (χ0n) is 15.4. The molecule has 0 aliphatic rings. The van der Waals surface area contributed by atoms with Crippen LogP contribution in [0, 0.1) is 11.8 Å². The summed E-state index contributed by atoms with van der Waals surface area (Å²) in [7, 11) is 0. The van der Waals surface area contributed by atoms with E-state index in [9.17, 15) is 4.79 Å². The molecule has 2 aromatic rings. The molecule has 0 aliphatic heterocycles. The standard InChI is InChI=1S/C21H27NO3/c1-15(2)13-24-18-11-9-17(10-12-18)22-21(23)19-7-5-6-8-20(19)25-14-16(3)4/h5-12,15-16H,13-14H2,1-4H3,(H,22,23). The van der Waals surface area contributed by atoms with Crippen LogP contribution in [0.25, 0.3) is 0 Å². The van der Waals surface area contributed by atoms with E-state index in [1.807, 2.05) is 42.5 Å². The van der Waals surface area contributed by atoms with Crippen LogP contribution in [-0.2, 0) is 0 Å². The average Bonchev–Trinajstić information content (AvgIpc) is 2.59. The third-order valence-electron chi connectivity index (χ3n) is 3.40. The zero-order chi connectivity index (χ0) is 18.2. The van der Waals surface area contributed by atoms with Gasteiger partial charge in [0.1, 0.15) is 11.5 Å². The zero-order valence-corrected chi connectivity index (χ0v) is 15.4. The van der Waals surface area contributed by atoms with Gasteiger partial charge in [-0.05, 0) is 48.2 Å². The molecular formula is C21H27NO3. The van der Waals surface area contributed by atoms with Crippen LogP contribution in [-0.4, -0.2) is 19.1 Å². The van der Waals surface area contributed by atoms with Gasteiger partial charge < -0.3 is 14.8 Å². The van der Waals surface area contributed by atoms with Crippen molar-refractivity contribution in [2.75, 3.05) is 18.5 Å². The Hall–Kier alpha value is -2.49. The highest BCUT2D eigenvalue weighted by molar-refractivity contribution is 6.06. The molecule has 4 nitrogen and oxygen atoms in total. The lowest BCUT2D eigenvalue weighted by Crippen LogP contribution is -2.15. The van der Waals surface area contributed by atoms with Gasteiger partial charge in [0.2, 0.25) is 0 Å². The van der Waals surface area contributed by atoms with E-state index in [1.54, 1.807) is 6.07 Å². The Balaban J connectivity index is 2.02. The Morgan fingerprint density at radius 3 is 2.12 bits per heavy atom. The van der Waals surface area contributed by atoms with E-state index in [0.717, 1.165) is 11.4 Å². The van der Waals surface area contributed by atoms with E-state index in [4.69, 9.17) is 9.47 Å². The summed E-state index contributed by atoms with van der Waals surface area (Å²) in [5.41, 5.74) is 1.25. The highest BCUT2D eigenvalue weighted by Gasteiger charge is 2.13. The van der Waals surface area contributed by atoms with Crippen molar-refractivity contribution in [3.8, 4) is 11.5 Å². The van der Waals surface area contributed by atoms with Crippen molar-refractivity contribution in [3.63, 3.8) is 0 Å². The number of amides is 1. The highest BCUT2D eigenvalue weighted by Crippen LogP contribution is 2.22. The number of hydrogen-bond donors (Lipinski definition) is 1. The number of rotatable bonds is 8. The fraction of sp³-hybridized carbons (Fsp3) is 0.381. The second-order valence-corrected chi connectivity index (χ2v) is 6.88. The minimum absolute atomic E-state index is 0.185. The summed E-state index contributed by atoms with van der Waals surface area (Å²) in [6, 6.07) is 14.7. The van der Waals surface area contributed by atoms with Gasteiger partial charge in [-0.3, -0.25) is 4.79 Å². The number of carbonyl (C=O) groups excluding carboxylic acids is 1. The van der Waals surface area contributed by atoms with Crippen LogP contribution in [0.2, 0.25) is 0 Å². The lowest BCUT2D eigenvalue weighted by atomic mass is 10.1.